The zero-order valence-corrected chi connectivity index (χ0v) is 15.7. The highest BCUT2D eigenvalue weighted by molar-refractivity contribution is 7.23. The molecule has 10 heteroatoms. The smallest absolute Gasteiger partial charge is 0.323 e. The van der Waals surface area contributed by atoms with Crippen molar-refractivity contribution in [3.05, 3.63) is 18.6 Å². The first-order valence-electron chi connectivity index (χ1n) is 8.37. The molecule has 1 fully saturated rings. The largest absolute Gasteiger partial charge is 0.479 e. The van der Waals surface area contributed by atoms with E-state index in [-0.39, 0.29) is 11.9 Å². The minimum atomic E-state index is -0.248. The minimum absolute atomic E-state index is 0.104. The van der Waals surface area contributed by atoms with Crippen LogP contribution in [0.1, 0.15) is 6.42 Å². The quantitative estimate of drug-likeness (QED) is 0.744. The van der Waals surface area contributed by atoms with E-state index in [1.54, 1.807) is 22.0 Å². The first-order valence-corrected chi connectivity index (χ1v) is 9.18. The summed E-state index contributed by atoms with van der Waals surface area (Å²) in [5.41, 5.74) is 2.38. The number of hydrogen-bond donors (Lipinski definition) is 1. The molecule has 1 N–H and O–H groups in total. The second-order valence-corrected chi connectivity index (χ2v) is 7.27. The fourth-order valence-electron chi connectivity index (χ4n) is 3.08. The van der Waals surface area contributed by atoms with E-state index >= 15 is 0 Å². The summed E-state index contributed by atoms with van der Waals surface area (Å²) in [6, 6.07) is 1.96. The number of pyridine rings is 1. The van der Waals surface area contributed by atoms with Crippen LogP contribution in [0.25, 0.3) is 21.3 Å². The third-order valence-corrected chi connectivity index (χ3v) is 5.47. The zero-order chi connectivity index (χ0) is 19.0. The van der Waals surface area contributed by atoms with Gasteiger partial charge >= 0.3 is 6.03 Å². The van der Waals surface area contributed by atoms with E-state index in [1.807, 2.05) is 13.2 Å². The molecule has 2 amide bonds. The number of rotatable bonds is 3. The molecule has 4 heterocycles. The van der Waals surface area contributed by atoms with Gasteiger partial charge < -0.3 is 9.64 Å². The average Bonchev–Trinajstić information content (AvgIpc) is 3.39. The molecule has 138 valence electrons. The molecule has 1 atom stereocenters. The van der Waals surface area contributed by atoms with Gasteiger partial charge in [-0.15, -0.1) is 0 Å². The van der Waals surface area contributed by atoms with Crippen LogP contribution in [0, 0.1) is 17.2 Å². The second-order valence-electron chi connectivity index (χ2n) is 6.27. The topological polar surface area (TPSA) is 109 Å². The van der Waals surface area contributed by atoms with Gasteiger partial charge in [0.25, 0.3) is 0 Å². The van der Waals surface area contributed by atoms with Gasteiger partial charge in [0.05, 0.1) is 30.0 Å². The molecule has 0 radical (unpaired) electrons. The molecule has 1 saturated heterocycles. The molecule has 0 aliphatic carbocycles. The molecule has 3 aromatic rings. The molecular formula is C17H17N7O2S. The number of carbonyl (C=O) groups is 1. The van der Waals surface area contributed by atoms with E-state index in [0.717, 1.165) is 15.8 Å². The van der Waals surface area contributed by atoms with E-state index < -0.39 is 0 Å². The summed E-state index contributed by atoms with van der Waals surface area (Å²) in [6.45, 7) is 1.01. The van der Waals surface area contributed by atoms with Crippen LogP contribution in [0.4, 0.5) is 9.93 Å². The summed E-state index contributed by atoms with van der Waals surface area (Å²) in [7, 11) is 3.38. The maximum absolute atomic E-state index is 12.5. The number of nitrogens with one attached hydrogen (secondary N) is 1. The number of urea groups is 1. The number of fused-ring (bicyclic) bond motifs is 1. The van der Waals surface area contributed by atoms with E-state index in [0.29, 0.717) is 36.0 Å². The predicted molar refractivity (Wildman–Crippen MR) is 100 cm³/mol. The fraction of sp³-hybridized carbons (Fsp3) is 0.353. The number of amides is 2. The second kappa shape index (κ2) is 6.85. The number of nitrogens with zero attached hydrogens (tertiary/aromatic N) is 6. The van der Waals surface area contributed by atoms with Crippen molar-refractivity contribution in [1.29, 1.82) is 5.26 Å². The summed E-state index contributed by atoms with van der Waals surface area (Å²) in [6.07, 6.45) is 6.08. The van der Waals surface area contributed by atoms with Crippen LogP contribution in [0.2, 0.25) is 0 Å². The number of thiazole rings is 1. The Morgan fingerprint density at radius 2 is 2.33 bits per heavy atom. The van der Waals surface area contributed by atoms with Gasteiger partial charge in [0, 0.05) is 43.7 Å². The lowest BCUT2D eigenvalue weighted by atomic mass is 10.1. The summed E-state index contributed by atoms with van der Waals surface area (Å²) >= 11 is 1.36. The number of aryl methyl sites for hydroxylation is 1. The standard InChI is InChI=1S/C17H17N7O2S/c1-23-9-11(6-20-23)12-7-19-15(26-2)13-14(12)27-16(21-13)22-17(25)24-4-3-10(5-18)8-24/h6-7,9-10H,3-4,8H2,1-2H3,(H,21,22,25)/t10-/m1/s1. The van der Waals surface area contributed by atoms with Gasteiger partial charge in [-0.3, -0.25) is 10.00 Å². The first kappa shape index (κ1) is 17.2. The van der Waals surface area contributed by atoms with Gasteiger partial charge in [-0.05, 0) is 6.42 Å². The molecule has 27 heavy (non-hydrogen) atoms. The SMILES string of the molecule is COc1ncc(-c2cnn(C)c2)c2sc(NC(=O)N3CC[C@H](C#N)C3)nc12. The molecule has 4 rings (SSSR count). The maximum atomic E-state index is 12.5. The fourth-order valence-corrected chi connectivity index (χ4v) is 4.06. The number of ether oxygens (including phenoxy) is 1. The van der Waals surface area contributed by atoms with Crippen LogP contribution in [0.3, 0.4) is 0 Å². The average molecular weight is 383 g/mol. The zero-order valence-electron chi connectivity index (χ0n) is 14.8. The van der Waals surface area contributed by atoms with Crippen molar-refractivity contribution >= 4 is 32.7 Å². The van der Waals surface area contributed by atoms with Gasteiger partial charge in [0.15, 0.2) is 5.13 Å². The summed E-state index contributed by atoms with van der Waals surface area (Å²) < 4.78 is 7.90. The Labute approximate surface area is 159 Å². The van der Waals surface area contributed by atoms with E-state index in [1.165, 1.54) is 18.4 Å². The van der Waals surface area contributed by atoms with Gasteiger partial charge in [-0.25, -0.2) is 14.8 Å². The van der Waals surface area contributed by atoms with Crippen molar-refractivity contribution in [3.8, 4) is 23.1 Å². The maximum Gasteiger partial charge on any atom is 0.323 e. The third kappa shape index (κ3) is 3.17. The van der Waals surface area contributed by atoms with Gasteiger partial charge in [0.2, 0.25) is 5.88 Å². The van der Waals surface area contributed by atoms with Crippen LogP contribution in [0.5, 0.6) is 5.88 Å². The summed E-state index contributed by atoms with van der Waals surface area (Å²) in [5.74, 6) is 0.299. The van der Waals surface area contributed by atoms with Crippen LogP contribution < -0.4 is 10.1 Å². The van der Waals surface area contributed by atoms with Crippen LogP contribution >= 0.6 is 11.3 Å². The molecule has 0 bridgehead atoms. The highest BCUT2D eigenvalue weighted by atomic mass is 32.1. The Morgan fingerprint density at radius 3 is 3.00 bits per heavy atom. The lowest BCUT2D eigenvalue weighted by Gasteiger charge is -2.14. The Hall–Kier alpha value is -3.19. The third-order valence-electron chi connectivity index (χ3n) is 4.47. The molecule has 0 unspecified atom stereocenters. The summed E-state index contributed by atoms with van der Waals surface area (Å²) in [4.78, 5) is 22.9. The molecule has 3 aromatic heterocycles. The monoisotopic (exact) mass is 383 g/mol. The number of carbonyl (C=O) groups excluding carboxylic acids is 1. The number of methoxy groups -OCH3 is 1. The van der Waals surface area contributed by atoms with Crippen molar-refractivity contribution in [2.24, 2.45) is 13.0 Å². The highest BCUT2D eigenvalue weighted by Gasteiger charge is 2.27. The van der Waals surface area contributed by atoms with Crippen molar-refractivity contribution in [2.75, 3.05) is 25.5 Å². The first-order chi connectivity index (χ1) is 13.1. The van der Waals surface area contributed by atoms with E-state index in [2.05, 4.69) is 26.5 Å². The van der Waals surface area contributed by atoms with Crippen molar-refractivity contribution < 1.29 is 9.53 Å². The molecule has 1 aliphatic heterocycles. The number of anilines is 1. The molecule has 0 spiro atoms. The van der Waals surface area contributed by atoms with Crippen molar-refractivity contribution in [2.45, 2.75) is 6.42 Å². The van der Waals surface area contributed by atoms with Crippen LogP contribution in [-0.2, 0) is 7.05 Å². The number of aromatic nitrogens is 4. The van der Waals surface area contributed by atoms with Gasteiger partial charge in [-0.1, -0.05) is 11.3 Å². The Balaban J connectivity index is 1.67. The summed E-state index contributed by atoms with van der Waals surface area (Å²) in [5, 5.41) is 16.5. The van der Waals surface area contributed by atoms with E-state index in [4.69, 9.17) is 10.00 Å². The molecule has 0 aromatic carbocycles. The van der Waals surface area contributed by atoms with Crippen LogP contribution in [-0.4, -0.2) is 50.9 Å². The molecule has 0 saturated carbocycles. The number of likely N-dealkylation sites (tertiary alicyclic amines) is 1. The van der Waals surface area contributed by atoms with E-state index in [9.17, 15) is 4.79 Å². The normalized spacial score (nSPS) is 16.5. The van der Waals surface area contributed by atoms with Gasteiger partial charge in [0.1, 0.15) is 5.52 Å². The molecular weight excluding hydrogens is 366 g/mol. The number of nitriles is 1. The van der Waals surface area contributed by atoms with Gasteiger partial charge in [-0.2, -0.15) is 10.4 Å². The lowest BCUT2D eigenvalue weighted by Crippen LogP contribution is -2.32. The Kier molecular flexibility index (Phi) is 4.37. The van der Waals surface area contributed by atoms with Crippen molar-refractivity contribution in [1.82, 2.24) is 24.6 Å². The Bertz CT molecular complexity index is 1050. The molecule has 9 nitrogen and oxygen atoms in total. The number of hydrogen-bond acceptors (Lipinski definition) is 7. The van der Waals surface area contributed by atoms with Crippen molar-refractivity contribution in [3.63, 3.8) is 0 Å². The molecule has 1 aliphatic rings. The predicted octanol–water partition coefficient (Wildman–Crippen LogP) is 2.48. The highest BCUT2D eigenvalue weighted by Crippen LogP contribution is 2.38. The van der Waals surface area contributed by atoms with Crippen LogP contribution in [0.15, 0.2) is 18.6 Å². The minimum Gasteiger partial charge on any atom is -0.479 e. The lowest BCUT2D eigenvalue weighted by molar-refractivity contribution is 0.222. The Morgan fingerprint density at radius 1 is 1.48 bits per heavy atom.